The summed E-state index contributed by atoms with van der Waals surface area (Å²) in [4.78, 5) is 14.8. The summed E-state index contributed by atoms with van der Waals surface area (Å²) >= 11 is 0. The molecule has 1 N–H and O–H groups in total. The van der Waals surface area contributed by atoms with Crippen molar-refractivity contribution in [3.63, 3.8) is 0 Å². The SMILES string of the molecule is O=C(c1onc2ccccc12)N1CCc2[nH]nc(COc3ccccc3)c2C1. The fraction of sp³-hybridized carbons (Fsp3) is 0.190. The number of carbonyl (C=O) groups is 1. The van der Waals surface area contributed by atoms with Crippen molar-refractivity contribution in [1.82, 2.24) is 20.3 Å². The lowest BCUT2D eigenvalue weighted by atomic mass is 10.0. The lowest BCUT2D eigenvalue weighted by Gasteiger charge is -2.26. The van der Waals surface area contributed by atoms with E-state index in [4.69, 9.17) is 9.26 Å². The number of aromatic nitrogens is 3. The van der Waals surface area contributed by atoms with Gasteiger partial charge in [-0.05, 0) is 24.3 Å². The molecule has 0 bridgehead atoms. The maximum atomic E-state index is 13.0. The van der Waals surface area contributed by atoms with Gasteiger partial charge in [0.2, 0.25) is 5.76 Å². The Morgan fingerprint density at radius 3 is 2.86 bits per heavy atom. The molecule has 0 saturated heterocycles. The highest BCUT2D eigenvalue weighted by Gasteiger charge is 2.29. The molecule has 3 heterocycles. The summed E-state index contributed by atoms with van der Waals surface area (Å²) in [5.41, 5.74) is 3.57. The summed E-state index contributed by atoms with van der Waals surface area (Å²) in [6, 6.07) is 17.0. The Bertz CT molecular complexity index is 1130. The van der Waals surface area contributed by atoms with Crippen molar-refractivity contribution >= 4 is 16.8 Å². The van der Waals surface area contributed by atoms with Gasteiger partial charge in [-0.25, -0.2) is 0 Å². The average molecular weight is 374 g/mol. The van der Waals surface area contributed by atoms with Crippen molar-refractivity contribution in [3.05, 3.63) is 77.3 Å². The minimum Gasteiger partial charge on any atom is -0.487 e. The Kier molecular flexibility index (Phi) is 4.05. The van der Waals surface area contributed by atoms with Crippen LogP contribution >= 0.6 is 0 Å². The summed E-state index contributed by atoms with van der Waals surface area (Å²) in [5.74, 6) is 0.913. The first-order valence-corrected chi connectivity index (χ1v) is 9.16. The van der Waals surface area contributed by atoms with Crippen molar-refractivity contribution in [2.45, 2.75) is 19.6 Å². The number of carbonyl (C=O) groups excluding carboxylic acids is 1. The third-order valence-electron chi connectivity index (χ3n) is 5.00. The van der Waals surface area contributed by atoms with Crippen LogP contribution in [0.3, 0.4) is 0 Å². The van der Waals surface area contributed by atoms with Gasteiger partial charge in [-0.15, -0.1) is 0 Å². The molecule has 1 aliphatic heterocycles. The molecule has 0 saturated carbocycles. The zero-order chi connectivity index (χ0) is 18.9. The normalized spacial score (nSPS) is 13.5. The third-order valence-corrected chi connectivity index (χ3v) is 5.00. The summed E-state index contributed by atoms with van der Waals surface area (Å²) in [5, 5.41) is 12.2. The van der Waals surface area contributed by atoms with Crippen molar-refractivity contribution < 1.29 is 14.1 Å². The van der Waals surface area contributed by atoms with Crippen LogP contribution in [-0.4, -0.2) is 32.7 Å². The van der Waals surface area contributed by atoms with Crippen LogP contribution in [0.5, 0.6) is 5.75 Å². The number of H-pyrrole nitrogens is 1. The fourth-order valence-corrected chi connectivity index (χ4v) is 3.50. The minimum absolute atomic E-state index is 0.157. The van der Waals surface area contributed by atoms with Gasteiger partial charge in [-0.1, -0.05) is 35.5 Å². The Hall–Kier alpha value is -3.61. The maximum absolute atomic E-state index is 13.0. The summed E-state index contributed by atoms with van der Waals surface area (Å²) in [6.07, 6.45) is 0.714. The second kappa shape index (κ2) is 6.84. The van der Waals surface area contributed by atoms with E-state index in [0.29, 0.717) is 31.6 Å². The Balaban J connectivity index is 1.36. The van der Waals surface area contributed by atoms with Gasteiger partial charge in [0.15, 0.2) is 0 Å². The lowest BCUT2D eigenvalue weighted by molar-refractivity contribution is 0.0694. The predicted molar refractivity (Wildman–Crippen MR) is 102 cm³/mol. The summed E-state index contributed by atoms with van der Waals surface area (Å²) < 4.78 is 11.2. The highest BCUT2D eigenvalue weighted by molar-refractivity contribution is 6.03. The maximum Gasteiger partial charge on any atom is 0.293 e. The van der Waals surface area contributed by atoms with E-state index in [9.17, 15) is 4.79 Å². The van der Waals surface area contributed by atoms with Crippen molar-refractivity contribution in [2.75, 3.05) is 6.54 Å². The number of amides is 1. The number of rotatable bonds is 4. The number of nitrogens with one attached hydrogen (secondary N) is 1. The molecule has 4 aromatic rings. The number of nitrogens with zero attached hydrogens (tertiary/aromatic N) is 3. The van der Waals surface area contributed by atoms with Crippen LogP contribution in [0.1, 0.15) is 27.5 Å². The molecule has 1 amide bonds. The molecule has 0 radical (unpaired) electrons. The van der Waals surface area contributed by atoms with E-state index in [1.165, 1.54) is 0 Å². The Morgan fingerprint density at radius 2 is 1.96 bits per heavy atom. The number of ether oxygens (including phenoxy) is 1. The van der Waals surface area contributed by atoms with E-state index >= 15 is 0 Å². The van der Waals surface area contributed by atoms with Gasteiger partial charge in [0.25, 0.3) is 5.91 Å². The quantitative estimate of drug-likeness (QED) is 0.592. The van der Waals surface area contributed by atoms with Crippen LogP contribution in [0.15, 0.2) is 59.1 Å². The molecule has 2 aromatic heterocycles. The van der Waals surface area contributed by atoms with Gasteiger partial charge >= 0.3 is 0 Å². The van der Waals surface area contributed by atoms with Crippen LogP contribution in [-0.2, 0) is 19.6 Å². The van der Waals surface area contributed by atoms with Crippen LogP contribution in [0.25, 0.3) is 10.9 Å². The molecule has 7 heteroatoms. The van der Waals surface area contributed by atoms with Crippen LogP contribution in [0, 0.1) is 0 Å². The van der Waals surface area contributed by atoms with Gasteiger partial charge in [0, 0.05) is 30.8 Å². The van der Waals surface area contributed by atoms with Gasteiger partial charge in [0.05, 0.1) is 5.39 Å². The lowest BCUT2D eigenvalue weighted by Crippen LogP contribution is -2.36. The smallest absolute Gasteiger partial charge is 0.293 e. The molecule has 0 unspecified atom stereocenters. The highest BCUT2D eigenvalue weighted by atomic mass is 16.5. The second-order valence-electron chi connectivity index (χ2n) is 6.73. The van der Waals surface area contributed by atoms with E-state index in [1.807, 2.05) is 54.6 Å². The number of fused-ring (bicyclic) bond motifs is 2. The predicted octanol–water partition coefficient (Wildman–Crippen LogP) is 3.33. The summed E-state index contributed by atoms with van der Waals surface area (Å²) in [7, 11) is 0. The Labute approximate surface area is 160 Å². The fourth-order valence-electron chi connectivity index (χ4n) is 3.50. The molecule has 2 aromatic carbocycles. The van der Waals surface area contributed by atoms with Crippen molar-refractivity contribution in [1.29, 1.82) is 0 Å². The molecule has 140 valence electrons. The third kappa shape index (κ3) is 2.90. The van der Waals surface area contributed by atoms with E-state index in [-0.39, 0.29) is 11.7 Å². The molecule has 28 heavy (non-hydrogen) atoms. The van der Waals surface area contributed by atoms with E-state index in [0.717, 1.165) is 28.1 Å². The van der Waals surface area contributed by atoms with Crippen molar-refractivity contribution in [2.24, 2.45) is 0 Å². The van der Waals surface area contributed by atoms with E-state index in [1.54, 1.807) is 4.90 Å². The van der Waals surface area contributed by atoms with Gasteiger partial charge in [-0.3, -0.25) is 9.89 Å². The van der Waals surface area contributed by atoms with Crippen LogP contribution in [0.4, 0.5) is 0 Å². The van der Waals surface area contributed by atoms with Crippen LogP contribution < -0.4 is 4.74 Å². The average Bonchev–Trinajstić information content (AvgIpc) is 3.36. The van der Waals surface area contributed by atoms with Crippen LogP contribution in [0.2, 0.25) is 0 Å². The van der Waals surface area contributed by atoms with Gasteiger partial charge < -0.3 is 14.2 Å². The first kappa shape index (κ1) is 16.6. The minimum atomic E-state index is -0.157. The van der Waals surface area contributed by atoms with E-state index in [2.05, 4.69) is 15.4 Å². The molecule has 1 aliphatic rings. The number of hydrogen-bond acceptors (Lipinski definition) is 5. The molecular formula is C21H18N4O3. The topological polar surface area (TPSA) is 84.3 Å². The number of benzene rings is 2. The molecule has 0 spiro atoms. The largest absolute Gasteiger partial charge is 0.487 e. The zero-order valence-corrected chi connectivity index (χ0v) is 15.1. The molecule has 7 nitrogen and oxygen atoms in total. The molecule has 0 aliphatic carbocycles. The zero-order valence-electron chi connectivity index (χ0n) is 15.1. The first-order valence-electron chi connectivity index (χ1n) is 9.16. The number of hydrogen-bond donors (Lipinski definition) is 1. The van der Waals surface area contributed by atoms with Crippen molar-refractivity contribution in [3.8, 4) is 5.75 Å². The molecular weight excluding hydrogens is 356 g/mol. The molecule has 0 fully saturated rings. The van der Waals surface area contributed by atoms with E-state index < -0.39 is 0 Å². The first-order chi connectivity index (χ1) is 13.8. The van der Waals surface area contributed by atoms with Gasteiger partial charge in [-0.2, -0.15) is 5.10 Å². The standard InChI is InChI=1S/C21H18N4O3/c26-21(20-15-8-4-5-9-18(15)24-28-20)25-11-10-17-16(12-25)19(23-22-17)13-27-14-6-2-1-3-7-14/h1-9H,10-13H2,(H,22,23). The second-order valence-corrected chi connectivity index (χ2v) is 6.73. The monoisotopic (exact) mass is 374 g/mol. The number of para-hydroxylation sites is 1. The molecule has 5 rings (SSSR count). The number of aromatic amines is 1. The van der Waals surface area contributed by atoms with Gasteiger partial charge in [0.1, 0.15) is 23.6 Å². The summed E-state index contributed by atoms with van der Waals surface area (Å²) in [6.45, 7) is 1.42. The Morgan fingerprint density at radius 1 is 1.14 bits per heavy atom. The highest BCUT2D eigenvalue weighted by Crippen LogP contribution is 2.25. The molecule has 0 atom stereocenters.